The van der Waals surface area contributed by atoms with Gasteiger partial charge in [0, 0.05) is 18.5 Å². The average Bonchev–Trinajstić information content (AvgIpc) is 2.27. The molecule has 0 aromatic heterocycles. The van der Waals surface area contributed by atoms with E-state index in [1.165, 1.54) is 12.1 Å². The summed E-state index contributed by atoms with van der Waals surface area (Å²) in [5, 5.41) is 3.12. The predicted octanol–water partition coefficient (Wildman–Crippen LogP) is 1.27. The lowest BCUT2D eigenvalue weighted by Crippen LogP contribution is -2.39. The number of hydrogen-bond donors (Lipinski definition) is 2. The fourth-order valence-electron chi connectivity index (χ4n) is 1.41. The van der Waals surface area contributed by atoms with Crippen LogP contribution in [0, 0.1) is 0 Å². The number of amides is 1. The van der Waals surface area contributed by atoms with Crippen molar-refractivity contribution in [2.75, 3.05) is 6.54 Å². The highest BCUT2D eigenvalue weighted by molar-refractivity contribution is 7.90. The van der Waals surface area contributed by atoms with Gasteiger partial charge in [-0.1, -0.05) is 18.2 Å². The first kappa shape index (κ1) is 15.7. The molecule has 0 atom stereocenters. The molecule has 19 heavy (non-hydrogen) atoms. The third-order valence-corrected chi connectivity index (χ3v) is 3.70. The zero-order valence-corrected chi connectivity index (χ0v) is 12.3. The number of nitrogens with one attached hydrogen (secondary N) is 2. The van der Waals surface area contributed by atoms with Gasteiger partial charge in [-0.05, 0) is 32.9 Å². The number of carbonyl (C=O) groups excluding carboxylic acids is 1. The topological polar surface area (TPSA) is 75.3 Å². The molecule has 0 fully saturated rings. The molecule has 106 valence electrons. The fourth-order valence-corrected chi connectivity index (χ4v) is 2.45. The van der Waals surface area contributed by atoms with Crippen molar-refractivity contribution in [1.82, 2.24) is 10.0 Å². The minimum atomic E-state index is -3.75. The second kappa shape index (κ2) is 6.16. The summed E-state index contributed by atoms with van der Waals surface area (Å²) in [5.74, 6) is -0.513. The van der Waals surface area contributed by atoms with Crippen molar-refractivity contribution < 1.29 is 13.2 Å². The minimum absolute atomic E-state index is 0.0899. The van der Waals surface area contributed by atoms with E-state index in [1.54, 1.807) is 18.2 Å². The first-order valence-corrected chi connectivity index (χ1v) is 7.55. The van der Waals surface area contributed by atoms with E-state index in [-0.39, 0.29) is 16.9 Å². The average molecular weight is 284 g/mol. The molecule has 2 N–H and O–H groups in total. The van der Waals surface area contributed by atoms with Crippen LogP contribution in [0.5, 0.6) is 0 Å². The third-order valence-electron chi connectivity index (χ3n) is 2.31. The van der Waals surface area contributed by atoms with Crippen LogP contribution in [0.4, 0.5) is 0 Å². The van der Waals surface area contributed by atoms with Crippen LogP contribution in [-0.2, 0) is 14.8 Å². The highest BCUT2D eigenvalue weighted by Gasteiger charge is 2.17. The molecule has 0 radical (unpaired) electrons. The van der Waals surface area contributed by atoms with Gasteiger partial charge in [0.05, 0.1) is 4.90 Å². The molecule has 0 saturated carbocycles. The summed E-state index contributed by atoms with van der Waals surface area (Å²) in [6.45, 7) is 6.36. The SMILES string of the molecule is CC(C)(C)NCCC(=O)NS(=O)(=O)c1ccccc1. The molecule has 1 aromatic rings. The van der Waals surface area contributed by atoms with Crippen LogP contribution in [0.3, 0.4) is 0 Å². The normalized spacial score (nSPS) is 12.2. The molecular weight excluding hydrogens is 264 g/mol. The second-order valence-corrected chi connectivity index (χ2v) is 6.95. The largest absolute Gasteiger partial charge is 0.312 e. The molecule has 0 saturated heterocycles. The first-order valence-electron chi connectivity index (χ1n) is 6.06. The van der Waals surface area contributed by atoms with E-state index in [1.807, 2.05) is 20.8 Å². The smallest absolute Gasteiger partial charge is 0.264 e. The lowest BCUT2D eigenvalue weighted by Gasteiger charge is -2.20. The van der Waals surface area contributed by atoms with Gasteiger partial charge in [0.1, 0.15) is 0 Å². The maximum absolute atomic E-state index is 11.9. The van der Waals surface area contributed by atoms with Gasteiger partial charge in [-0.25, -0.2) is 13.1 Å². The van der Waals surface area contributed by atoms with E-state index in [2.05, 4.69) is 10.0 Å². The Kier molecular flexibility index (Phi) is 5.08. The molecule has 0 bridgehead atoms. The highest BCUT2D eigenvalue weighted by atomic mass is 32.2. The van der Waals surface area contributed by atoms with E-state index in [9.17, 15) is 13.2 Å². The van der Waals surface area contributed by atoms with Crippen molar-refractivity contribution in [1.29, 1.82) is 0 Å². The third kappa shape index (κ3) is 5.85. The van der Waals surface area contributed by atoms with Crippen LogP contribution in [0.15, 0.2) is 35.2 Å². The number of hydrogen-bond acceptors (Lipinski definition) is 4. The molecule has 0 aliphatic carbocycles. The van der Waals surface area contributed by atoms with Gasteiger partial charge in [-0.2, -0.15) is 0 Å². The van der Waals surface area contributed by atoms with Gasteiger partial charge in [0.2, 0.25) is 5.91 Å². The van der Waals surface area contributed by atoms with Gasteiger partial charge < -0.3 is 5.32 Å². The molecule has 6 heteroatoms. The lowest BCUT2D eigenvalue weighted by molar-refractivity contribution is -0.119. The summed E-state index contributed by atoms with van der Waals surface area (Å²) in [4.78, 5) is 11.7. The van der Waals surface area contributed by atoms with Gasteiger partial charge in [0.25, 0.3) is 10.0 Å². The second-order valence-electron chi connectivity index (χ2n) is 5.27. The number of rotatable bonds is 5. The lowest BCUT2D eigenvalue weighted by atomic mass is 10.1. The Morgan fingerprint density at radius 3 is 2.26 bits per heavy atom. The van der Waals surface area contributed by atoms with Crippen LogP contribution in [0.25, 0.3) is 0 Å². The number of benzene rings is 1. The Labute approximate surface area is 114 Å². The summed E-state index contributed by atoms with van der Waals surface area (Å²) in [7, 11) is -3.75. The van der Waals surface area contributed by atoms with Gasteiger partial charge in [-0.3, -0.25) is 4.79 Å². The molecule has 1 rings (SSSR count). The van der Waals surface area contributed by atoms with Crippen LogP contribution >= 0.6 is 0 Å². The molecule has 1 aromatic carbocycles. The number of carbonyl (C=O) groups is 1. The summed E-state index contributed by atoms with van der Waals surface area (Å²) in [6, 6.07) is 7.83. The Morgan fingerprint density at radius 1 is 1.16 bits per heavy atom. The first-order chi connectivity index (χ1) is 8.71. The standard InChI is InChI=1S/C13H20N2O3S/c1-13(2,3)14-10-9-12(16)15-19(17,18)11-7-5-4-6-8-11/h4-8,14H,9-10H2,1-3H3,(H,15,16). The van der Waals surface area contributed by atoms with Gasteiger partial charge in [0.15, 0.2) is 0 Å². The van der Waals surface area contributed by atoms with E-state index in [0.717, 1.165) is 0 Å². The Balaban J connectivity index is 2.53. The van der Waals surface area contributed by atoms with Gasteiger partial charge >= 0.3 is 0 Å². The van der Waals surface area contributed by atoms with Crippen LogP contribution in [0.2, 0.25) is 0 Å². The van der Waals surface area contributed by atoms with Crippen molar-refractivity contribution in [2.24, 2.45) is 0 Å². The maximum atomic E-state index is 11.9. The molecule has 0 aliphatic rings. The highest BCUT2D eigenvalue weighted by Crippen LogP contribution is 2.07. The Bertz CT molecular complexity index is 519. The summed E-state index contributed by atoms with van der Waals surface area (Å²) in [5.41, 5.74) is -0.0986. The quantitative estimate of drug-likeness (QED) is 0.854. The van der Waals surface area contributed by atoms with Crippen molar-refractivity contribution in [3.8, 4) is 0 Å². The minimum Gasteiger partial charge on any atom is -0.312 e. The van der Waals surface area contributed by atoms with Crippen LogP contribution < -0.4 is 10.0 Å². The zero-order chi connectivity index (χ0) is 14.5. The molecule has 0 heterocycles. The molecule has 0 unspecified atom stereocenters. The molecule has 1 amide bonds. The predicted molar refractivity (Wildman–Crippen MR) is 74.1 cm³/mol. The summed E-state index contributed by atoms with van der Waals surface area (Å²) < 4.78 is 25.8. The Morgan fingerprint density at radius 2 is 1.74 bits per heavy atom. The molecular formula is C13H20N2O3S. The zero-order valence-electron chi connectivity index (χ0n) is 11.4. The Hall–Kier alpha value is -1.40. The van der Waals surface area contributed by atoms with Crippen LogP contribution in [0.1, 0.15) is 27.2 Å². The van der Waals surface area contributed by atoms with E-state index < -0.39 is 15.9 Å². The molecule has 5 nitrogen and oxygen atoms in total. The maximum Gasteiger partial charge on any atom is 0.264 e. The van der Waals surface area contributed by atoms with E-state index in [0.29, 0.717) is 6.54 Å². The monoisotopic (exact) mass is 284 g/mol. The molecule has 0 aliphatic heterocycles. The van der Waals surface area contributed by atoms with Crippen molar-refractivity contribution in [3.05, 3.63) is 30.3 Å². The molecule has 0 spiro atoms. The summed E-state index contributed by atoms with van der Waals surface area (Å²) >= 11 is 0. The van der Waals surface area contributed by atoms with E-state index in [4.69, 9.17) is 0 Å². The van der Waals surface area contributed by atoms with Gasteiger partial charge in [-0.15, -0.1) is 0 Å². The fraction of sp³-hybridized carbons (Fsp3) is 0.462. The van der Waals surface area contributed by atoms with Crippen molar-refractivity contribution in [3.63, 3.8) is 0 Å². The van der Waals surface area contributed by atoms with Crippen LogP contribution in [-0.4, -0.2) is 26.4 Å². The van der Waals surface area contributed by atoms with Crippen molar-refractivity contribution in [2.45, 2.75) is 37.6 Å². The number of sulfonamides is 1. The summed E-state index contributed by atoms with van der Waals surface area (Å²) in [6.07, 6.45) is 0.114. The van der Waals surface area contributed by atoms with Crippen molar-refractivity contribution >= 4 is 15.9 Å². The van der Waals surface area contributed by atoms with E-state index >= 15 is 0 Å².